The van der Waals surface area contributed by atoms with Gasteiger partial charge in [-0.15, -0.1) is 0 Å². The highest BCUT2D eigenvalue weighted by molar-refractivity contribution is 5.36. The first kappa shape index (κ1) is 12.1. The van der Waals surface area contributed by atoms with Crippen molar-refractivity contribution in [2.24, 2.45) is 0 Å². The van der Waals surface area contributed by atoms with Crippen LogP contribution >= 0.6 is 0 Å². The lowest BCUT2D eigenvalue weighted by molar-refractivity contribution is 0.303. The van der Waals surface area contributed by atoms with E-state index < -0.39 is 0 Å². The van der Waals surface area contributed by atoms with Crippen LogP contribution in [0.15, 0.2) is 36.5 Å². The van der Waals surface area contributed by atoms with Gasteiger partial charge in [-0.05, 0) is 31.5 Å². The second-order valence-electron chi connectivity index (χ2n) is 4.18. The number of benzene rings is 1. The van der Waals surface area contributed by atoms with Gasteiger partial charge in [0.1, 0.15) is 24.1 Å². The van der Waals surface area contributed by atoms with Crippen LogP contribution in [0.25, 0.3) is 0 Å². The van der Waals surface area contributed by atoms with E-state index in [4.69, 9.17) is 10.00 Å². The molecule has 1 aromatic carbocycles. The SMILES string of the molecule is Cc1ccc(OCc2cccnc2C#N)c(C)c1. The number of pyridine rings is 1. The minimum absolute atomic E-state index is 0.362. The highest BCUT2D eigenvalue weighted by atomic mass is 16.5. The van der Waals surface area contributed by atoms with E-state index >= 15 is 0 Å². The number of hydrogen-bond acceptors (Lipinski definition) is 3. The molecular formula is C15H14N2O. The zero-order valence-electron chi connectivity index (χ0n) is 10.5. The van der Waals surface area contributed by atoms with E-state index in [9.17, 15) is 0 Å². The molecule has 0 spiro atoms. The van der Waals surface area contributed by atoms with Gasteiger partial charge in [0.2, 0.25) is 0 Å². The molecule has 0 radical (unpaired) electrons. The van der Waals surface area contributed by atoms with E-state index in [0.29, 0.717) is 12.3 Å². The Kier molecular flexibility index (Phi) is 3.59. The molecule has 0 bridgehead atoms. The summed E-state index contributed by atoms with van der Waals surface area (Å²) in [5.74, 6) is 0.841. The van der Waals surface area contributed by atoms with Crippen LogP contribution in [0.3, 0.4) is 0 Å². The van der Waals surface area contributed by atoms with E-state index in [0.717, 1.165) is 16.9 Å². The predicted molar refractivity (Wildman–Crippen MR) is 69.2 cm³/mol. The van der Waals surface area contributed by atoms with Crippen molar-refractivity contribution in [3.63, 3.8) is 0 Å². The number of hydrogen-bond donors (Lipinski definition) is 0. The molecule has 2 rings (SSSR count). The number of nitrogens with zero attached hydrogens (tertiary/aromatic N) is 2. The Morgan fingerprint density at radius 2 is 2.11 bits per heavy atom. The molecule has 0 aliphatic heterocycles. The Balaban J connectivity index is 2.14. The maximum Gasteiger partial charge on any atom is 0.147 e. The summed E-state index contributed by atoms with van der Waals surface area (Å²) in [6.45, 7) is 4.42. The van der Waals surface area contributed by atoms with E-state index in [1.807, 2.05) is 38.1 Å². The average molecular weight is 238 g/mol. The van der Waals surface area contributed by atoms with Crippen LogP contribution in [-0.2, 0) is 6.61 Å². The zero-order chi connectivity index (χ0) is 13.0. The van der Waals surface area contributed by atoms with Crippen LogP contribution < -0.4 is 4.74 Å². The molecule has 1 heterocycles. The third kappa shape index (κ3) is 2.67. The summed E-state index contributed by atoms with van der Waals surface area (Å²) in [6, 6.07) is 11.8. The number of aryl methyl sites for hydroxylation is 2. The number of rotatable bonds is 3. The number of ether oxygens (including phenoxy) is 1. The van der Waals surface area contributed by atoms with Gasteiger partial charge in [0.05, 0.1) is 0 Å². The predicted octanol–water partition coefficient (Wildman–Crippen LogP) is 3.15. The quantitative estimate of drug-likeness (QED) is 0.825. The Bertz CT molecular complexity index is 600. The molecule has 0 saturated heterocycles. The summed E-state index contributed by atoms with van der Waals surface area (Å²) >= 11 is 0. The largest absolute Gasteiger partial charge is 0.489 e. The molecular weight excluding hydrogens is 224 g/mol. The molecule has 18 heavy (non-hydrogen) atoms. The maximum absolute atomic E-state index is 8.94. The third-order valence-electron chi connectivity index (χ3n) is 2.71. The lowest BCUT2D eigenvalue weighted by Crippen LogP contribution is -2.00. The molecule has 0 fully saturated rings. The maximum atomic E-state index is 8.94. The molecule has 0 atom stereocenters. The summed E-state index contributed by atoms with van der Waals surface area (Å²) in [5, 5.41) is 8.94. The number of nitriles is 1. The van der Waals surface area contributed by atoms with Crippen LogP contribution in [0.2, 0.25) is 0 Å². The summed E-state index contributed by atoms with van der Waals surface area (Å²) in [4.78, 5) is 4.00. The molecule has 0 aliphatic carbocycles. The van der Waals surface area contributed by atoms with Crippen LogP contribution in [0.1, 0.15) is 22.4 Å². The van der Waals surface area contributed by atoms with Crippen molar-refractivity contribution in [1.29, 1.82) is 5.26 Å². The summed E-state index contributed by atoms with van der Waals surface area (Å²) in [7, 11) is 0. The summed E-state index contributed by atoms with van der Waals surface area (Å²) in [6.07, 6.45) is 1.61. The van der Waals surface area contributed by atoms with E-state index in [-0.39, 0.29) is 0 Å². The monoisotopic (exact) mass is 238 g/mol. The number of aromatic nitrogens is 1. The van der Waals surface area contributed by atoms with Gasteiger partial charge in [-0.25, -0.2) is 4.98 Å². The topological polar surface area (TPSA) is 45.9 Å². The van der Waals surface area contributed by atoms with Crippen molar-refractivity contribution in [1.82, 2.24) is 4.98 Å². The first-order valence-corrected chi connectivity index (χ1v) is 5.75. The van der Waals surface area contributed by atoms with Gasteiger partial charge in [0.25, 0.3) is 0 Å². The molecule has 0 aliphatic rings. The van der Waals surface area contributed by atoms with Crippen LogP contribution in [0.4, 0.5) is 0 Å². The van der Waals surface area contributed by atoms with Gasteiger partial charge in [-0.2, -0.15) is 5.26 Å². The second-order valence-corrected chi connectivity index (χ2v) is 4.18. The summed E-state index contributed by atoms with van der Waals surface area (Å²) < 4.78 is 5.73. The third-order valence-corrected chi connectivity index (χ3v) is 2.71. The molecule has 0 N–H and O–H groups in total. The fourth-order valence-electron chi connectivity index (χ4n) is 1.77. The standard InChI is InChI=1S/C15H14N2O/c1-11-5-6-15(12(2)8-11)18-10-13-4-3-7-17-14(13)9-16/h3-8H,10H2,1-2H3. The van der Waals surface area contributed by atoms with E-state index in [2.05, 4.69) is 17.1 Å². The van der Waals surface area contributed by atoms with Crippen LogP contribution in [-0.4, -0.2) is 4.98 Å². The van der Waals surface area contributed by atoms with Gasteiger partial charge >= 0.3 is 0 Å². The lowest BCUT2D eigenvalue weighted by atomic mass is 10.1. The van der Waals surface area contributed by atoms with Gasteiger partial charge in [-0.1, -0.05) is 23.8 Å². The van der Waals surface area contributed by atoms with Gasteiger partial charge in [0, 0.05) is 11.8 Å². The molecule has 1 aromatic heterocycles. The first-order valence-electron chi connectivity index (χ1n) is 5.75. The molecule has 3 nitrogen and oxygen atoms in total. The van der Waals surface area contributed by atoms with Crippen molar-refractivity contribution in [3.8, 4) is 11.8 Å². The highest BCUT2D eigenvalue weighted by Gasteiger charge is 2.04. The van der Waals surface area contributed by atoms with Crippen molar-refractivity contribution >= 4 is 0 Å². The van der Waals surface area contributed by atoms with Crippen molar-refractivity contribution < 1.29 is 4.74 Å². The minimum Gasteiger partial charge on any atom is -0.489 e. The van der Waals surface area contributed by atoms with Crippen molar-refractivity contribution in [2.45, 2.75) is 20.5 Å². The molecule has 3 heteroatoms. The van der Waals surface area contributed by atoms with Crippen molar-refractivity contribution in [2.75, 3.05) is 0 Å². The molecule has 0 saturated carbocycles. The van der Waals surface area contributed by atoms with Crippen molar-refractivity contribution in [3.05, 3.63) is 58.9 Å². The first-order chi connectivity index (χ1) is 8.70. The van der Waals surface area contributed by atoms with Gasteiger partial charge < -0.3 is 4.74 Å². The van der Waals surface area contributed by atoms with Crippen LogP contribution in [0, 0.1) is 25.2 Å². The summed E-state index contributed by atoms with van der Waals surface area (Å²) in [5.41, 5.74) is 3.53. The van der Waals surface area contributed by atoms with E-state index in [1.165, 1.54) is 5.56 Å². The molecule has 2 aromatic rings. The smallest absolute Gasteiger partial charge is 0.147 e. The van der Waals surface area contributed by atoms with Gasteiger partial charge in [0.15, 0.2) is 0 Å². The Hall–Kier alpha value is -2.34. The highest BCUT2D eigenvalue weighted by Crippen LogP contribution is 2.20. The fourth-order valence-corrected chi connectivity index (χ4v) is 1.77. The molecule has 0 amide bonds. The minimum atomic E-state index is 0.362. The normalized spacial score (nSPS) is 9.83. The Labute approximate surface area is 107 Å². The lowest BCUT2D eigenvalue weighted by Gasteiger charge is -2.10. The Morgan fingerprint density at radius 1 is 1.28 bits per heavy atom. The molecule has 0 unspecified atom stereocenters. The Morgan fingerprint density at radius 3 is 2.83 bits per heavy atom. The zero-order valence-corrected chi connectivity index (χ0v) is 10.5. The fraction of sp³-hybridized carbons (Fsp3) is 0.200. The average Bonchev–Trinajstić information content (AvgIpc) is 2.38. The van der Waals surface area contributed by atoms with E-state index in [1.54, 1.807) is 6.20 Å². The molecule has 90 valence electrons. The van der Waals surface area contributed by atoms with Crippen LogP contribution in [0.5, 0.6) is 5.75 Å². The van der Waals surface area contributed by atoms with Gasteiger partial charge in [-0.3, -0.25) is 0 Å². The second kappa shape index (κ2) is 5.33.